The lowest BCUT2D eigenvalue weighted by Gasteiger charge is -2.02. The maximum absolute atomic E-state index is 13.4. The molecule has 1 saturated carbocycles. The van der Waals surface area contributed by atoms with Gasteiger partial charge in [0.1, 0.15) is 23.4 Å². The summed E-state index contributed by atoms with van der Waals surface area (Å²) >= 11 is 0. The Bertz CT molecular complexity index is 1160. The quantitative estimate of drug-likeness (QED) is 0.611. The predicted octanol–water partition coefficient (Wildman–Crippen LogP) is 2.49. The summed E-state index contributed by atoms with van der Waals surface area (Å²) in [5.41, 5.74) is 1.32. The van der Waals surface area contributed by atoms with Gasteiger partial charge in [-0.3, -0.25) is 9.20 Å². The topological polar surface area (TPSA) is 89.1 Å². The summed E-state index contributed by atoms with van der Waals surface area (Å²) in [6, 6.07) is 4.20. The summed E-state index contributed by atoms with van der Waals surface area (Å²) < 4.78 is 20.3. The number of hydrogen-bond donors (Lipinski definition) is 1. The summed E-state index contributed by atoms with van der Waals surface area (Å²) in [6.45, 7) is 2.12. The van der Waals surface area contributed by atoms with E-state index in [1.54, 1.807) is 10.5 Å². The van der Waals surface area contributed by atoms with Crippen molar-refractivity contribution in [3.05, 3.63) is 46.6 Å². The second-order valence-electron chi connectivity index (χ2n) is 6.20. The van der Waals surface area contributed by atoms with Crippen LogP contribution in [0.15, 0.2) is 33.8 Å². The number of halogens is 1. The number of hydrogen-bond acceptors (Lipinski definition) is 5. The molecule has 0 spiro atoms. The molecule has 2 atom stereocenters. The molecule has 1 fully saturated rings. The SMILES string of the molecule is CC1CC1c1nc(-c2ncn3c2c(=O)[nH]c2cc(F)ccc23)no1. The minimum atomic E-state index is -0.417. The van der Waals surface area contributed by atoms with Gasteiger partial charge >= 0.3 is 0 Å². The van der Waals surface area contributed by atoms with Crippen molar-refractivity contribution < 1.29 is 8.91 Å². The first-order chi connectivity index (χ1) is 11.6. The van der Waals surface area contributed by atoms with E-state index in [4.69, 9.17) is 4.52 Å². The van der Waals surface area contributed by atoms with E-state index in [2.05, 4.69) is 27.0 Å². The van der Waals surface area contributed by atoms with Gasteiger partial charge in [0.05, 0.1) is 11.0 Å². The molecule has 4 aromatic rings. The number of nitrogens with zero attached hydrogens (tertiary/aromatic N) is 4. The van der Waals surface area contributed by atoms with Crippen molar-refractivity contribution in [2.45, 2.75) is 19.3 Å². The average Bonchev–Trinajstić information content (AvgIpc) is 2.99. The molecule has 1 aliphatic rings. The summed E-state index contributed by atoms with van der Waals surface area (Å²) in [6.07, 6.45) is 2.54. The van der Waals surface area contributed by atoms with Crippen LogP contribution in [0.2, 0.25) is 0 Å². The number of fused-ring (bicyclic) bond motifs is 3. The van der Waals surface area contributed by atoms with Gasteiger partial charge < -0.3 is 9.51 Å². The van der Waals surface area contributed by atoms with Crippen LogP contribution < -0.4 is 5.56 Å². The molecule has 5 rings (SSSR count). The van der Waals surface area contributed by atoms with Crippen molar-refractivity contribution in [2.24, 2.45) is 5.92 Å². The van der Waals surface area contributed by atoms with E-state index in [1.165, 1.54) is 18.5 Å². The van der Waals surface area contributed by atoms with Crippen LogP contribution >= 0.6 is 0 Å². The molecule has 2 unspecified atom stereocenters. The Labute approximate surface area is 134 Å². The minimum Gasteiger partial charge on any atom is -0.339 e. The van der Waals surface area contributed by atoms with Crippen LogP contribution in [-0.2, 0) is 0 Å². The van der Waals surface area contributed by atoms with Crippen LogP contribution in [0.1, 0.15) is 25.2 Å². The monoisotopic (exact) mass is 325 g/mol. The average molecular weight is 325 g/mol. The fraction of sp³-hybridized carbons (Fsp3) is 0.250. The molecular weight excluding hydrogens is 313 g/mol. The smallest absolute Gasteiger partial charge is 0.275 e. The molecule has 1 N–H and O–H groups in total. The molecule has 0 radical (unpaired) electrons. The van der Waals surface area contributed by atoms with E-state index in [0.29, 0.717) is 45.8 Å². The summed E-state index contributed by atoms with van der Waals surface area (Å²) in [4.78, 5) is 23.8. The number of H-pyrrole nitrogens is 1. The molecule has 3 aromatic heterocycles. The Kier molecular flexibility index (Phi) is 2.51. The first-order valence-electron chi connectivity index (χ1n) is 7.64. The van der Waals surface area contributed by atoms with Gasteiger partial charge in [0, 0.05) is 5.92 Å². The third-order valence-electron chi connectivity index (χ3n) is 4.53. The highest BCUT2D eigenvalue weighted by Crippen LogP contribution is 2.46. The fourth-order valence-electron chi connectivity index (χ4n) is 3.06. The molecule has 1 aromatic carbocycles. The van der Waals surface area contributed by atoms with Crippen LogP contribution in [0.3, 0.4) is 0 Å². The standard InChI is InChI=1S/C16H12FN5O2/c1-7-4-9(7)16-20-14(21-24-16)12-13-15(23)19-10-5-8(17)2-3-11(10)22(13)6-18-12/h2-3,5-7,9H,4H2,1H3,(H,19,23). The van der Waals surface area contributed by atoms with Crippen LogP contribution in [0, 0.1) is 11.7 Å². The van der Waals surface area contributed by atoms with Crippen LogP contribution in [-0.4, -0.2) is 24.5 Å². The van der Waals surface area contributed by atoms with Gasteiger partial charge in [0.15, 0.2) is 0 Å². The Balaban J connectivity index is 1.74. The van der Waals surface area contributed by atoms with Crippen LogP contribution in [0.25, 0.3) is 28.1 Å². The third-order valence-corrected chi connectivity index (χ3v) is 4.53. The summed E-state index contributed by atoms with van der Waals surface area (Å²) in [5, 5.41) is 3.97. The molecule has 1 aliphatic carbocycles. The summed E-state index contributed by atoms with van der Waals surface area (Å²) in [5.74, 6) is 1.29. The molecule has 0 amide bonds. The third kappa shape index (κ3) is 1.82. The molecule has 7 nitrogen and oxygen atoms in total. The van der Waals surface area contributed by atoms with Gasteiger partial charge in [0.2, 0.25) is 11.7 Å². The van der Waals surface area contributed by atoms with E-state index in [9.17, 15) is 9.18 Å². The van der Waals surface area contributed by atoms with Crippen molar-refractivity contribution in [2.75, 3.05) is 0 Å². The van der Waals surface area contributed by atoms with Gasteiger partial charge in [-0.15, -0.1) is 0 Å². The maximum Gasteiger partial charge on any atom is 0.275 e. The van der Waals surface area contributed by atoms with E-state index in [0.717, 1.165) is 6.42 Å². The second kappa shape index (κ2) is 4.50. The predicted molar refractivity (Wildman–Crippen MR) is 83.1 cm³/mol. The lowest BCUT2D eigenvalue weighted by atomic mass is 10.2. The van der Waals surface area contributed by atoms with E-state index in [1.807, 2.05) is 0 Å². The zero-order chi connectivity index (χ0) is 16.4. The van der Waals surface area contributed by atoms with Gasteiger partial charge in [-0.25, -0.2) is 9.37 Å². The number of benzene rings is 1. The van der Waals surface area contributed by atoms with Crippen LogP contribution in [0.4, 0.5) is 4.39 Å². The zero-order valence-corrected chi connectivity index (χ0v) is 12.7. The molecular formula is C16H12FN5O2. The molecule has 24 heavy (non-hydrogen) atoms. The minimum absolute atomic E-state index is 0.290. The number of imidazole rings is 1. The Morgan fingerprint density at radius 1 is 1.42 bits per heavy atom. The highest BCUT2D eigenvalue weighted by atomic mass is 19.1. The Morgan fingerprint density at radius 3 is 3.04 bits per heavy atom. The highest BCUT2D eigenvalue weighted by molar-refractivity contribution is 5.82. The molecule has 0 saturated heterocycles. The largest absolute Gasteiger partial charge is 0.339 e. The number of aromatic nitrogens is 5. The molecule has 8 heteroatoms. The zero-order valence-electron chi connectivity index (χ0n) is 12.7. The fourth-order valence-corrected chi connectivity index (χ4v) is 3.06. The number of rotatable bonds is 2. The first kappa shape index (κ1) is 13.4. The first-order valence-corrected chi connectivity index (χ1v) is 7.64. The van der Waals surface area contributed by atoms with Gasteiger partial charge in [0.25, 0.3) is 5.56 Å². The van der Waals surface area contributed by atoms with Crippen molar-refractivity contribution in [3.8, 4) is 11.5 Å². The van der Waals surface area contributed by atoms with Crippen molar-refractivity contribution >= 4 is 16.6 Å². The lowest BCUT2D eigenvalue weighted by Crippen LogP contribution is -2.10. The van der Waals surface area contributed by atoms with Crippen molar-refractivity contribution in [1.29, 1.82) is 0 Å². The summed E-state index contributed by atoms with van der Waals surface area (Å²) in [7, 11) is 0. The van der Waals surface area contributed by atoms with Crippen molar-refractivity contribution in [1.82, 2.24) is 24.5 Å². The van der Waals surface area contributed by atoms with E-state index < -0.39 is 5.82 Å². The molecule has 0 aliphatic heterocycles. The van der Waals surface area contributed by atoms with Gasteiger partial charge in [-0.1, -0.05) is 12.1 Å². The number of aromatic amines is 1. The lowest BCUT2D eigenvalue weighted by molar-refractivity contribution is 0.376. The van der Waals surface area contributed by atoms with Gasteiger partial charge in [-0.2, -0.15) is 4.98 Å². The van der Waals surface area contributed by atoms with Gasteiger partial charge in [-0.05, 0) is 30.5 Å². The Hall–Kier alpha value is -3.03. The van der Waals surface area contributed by atoms with Crippen LogP contribution in [0.5, 0.6) is 0 Å². The molecule has 0 bridgehead atoms. The number of nitrogens with one attached hydrogen (secondary N) is 1. The van der Waals surface area contributed by atoms with E-state index >= 15 is 0 Å². The molecule has 120 valence electrons. The highest BCUT2D eigenvalue weighted by Gasteiger charge is 2.39. The normalized spacial score (nSPS) is 20.1. The van der Waals surface area contributed by atoms with E-state index in [-0.39, 0.29) is 5.56 Å². The molecule has 3 heterocycles. The van der Waals surface area contributed by atoms with Crippen molar-refractivity contribution in [3.63, 3.8) is 0 Å². The Morgan fingerprint density at radius 2 is 2.25 bits per heavy atom. The maximum atomic E-state index is 13.4. The second-order valence-corrected chi connectivity index (χ2v) is 6.20.